The molecule has 18 heavy (non-hydrogen) atoms. The molecule has 2 aromatic rings. The van der Waals surface area contributed by atoms with Gasteiger partial charge in [0.15, 0.2) is 5.82 Å². The lowest BCUT2D eigenvalue weighted by Crippen LogP contribution is -2.10. The molecule has 2 rings (SSSR count). The van der Waals surface area contributed by atoms with E-state index in [4.69, 9.17) is 16.3 Å². The summed E-state index contributed by atoms with van der Waals surface area (Å²) in [5, 5.41) is 0.582. The summed E-state index contributed by atoms with van der Waals surface area (Å²) >= 11 is 5.93. The molecule has 0 N–H and O–H groups in total. The zero-order chi connectivity index (χ0) is 13.1. The predicted molar refractivity (Wildman–Crippen MR) is 69.2 cm³/mol. The highest BCUT2D eigenvalue weighted by Crippen LogP contribution is 2.23. The van der Waals surface area contributed by atoms with Gasteiger partial charge in [0.25, 0.3) is 0 Å². The summed E-state index contributed by atoms with van der Waals surface area (Å²) in [6.45, 7) is 0. The molecule has 1 heterocycles. The third kappa shape index (κ3) is 2.54. The van der Waals surface area contributed by atoms with Crippen molar-refractivity contribution in [2.24, 2.45) is 7.05 Å². The minimum atomic E-state index is -0.0666. The molecule has 5 heteroatoms. The first-order chi connectivity index (χ1) is 8.61. The monoisotopic (exact) mass is 264 g/mol. The lowest BCUT2D eigenvalue weighted by atomic mass is 10.1. The Hall–Kier alpha value is -1.81. The van der Waals surface area contributed by atoms with Crippen LogP contribution in [0, 0.1) is 0 Å². The summed E-state index contributed by atoms with van der Waals surface area (Å²) in [5.41, 5.74) is 0.762. The number of carbonyl (C=O) groups is 1. The molecule has 4 nitrogen and oxygen atoms in total. The first-order valence-corrected chi connectivity index (χ1v) is 5.82. The van der Waals surface area contributed by atoms with Crippen LogP contribution in [0.4, 0.5) is 0 Å². The fraction of sp³-hybridized carbons (Fsp3) is 0.231. The number of ketones is 1. The number of nitrogens with zero attached hydrogens (tertiary/aromatic N) is 2. The molecule has 0 atom stereocenters. The number of hydrogen-bond acceptors (Lipinski definition) is 3. The Morgan fingerprint density at radius 1 is 1.50 bits per heavy atom. The molecule has 1 aromatic carbocycles. The maximum Gasteiger partial charge on any atom is 0.202 e. The van der Waals surface area contributed by atoms with Gasteiger partial charge < -0.3 is 9.30 Å². The van der Waals surface area contributed by atoms with Crippen molar-refractivity contribution in [3.63, 3.8) is 0 Å². The molecule has 0 fully saturated rings. The fourth-order valence-electron chi connectivity index (χ4n) is 1.77. The van der Waals surface area contributed by atoms with Gasteiger partial charge in [-0.2, -0.15) is 0 Å². The molecule has 0 saturated heterocycles. The Labute approximate surface area is 110 Å². The number of aromatic nitrogens is 2. The molecule has 0 spiro atoms. The minimum absolute atomic E-state index is 0.0666. The zero-order valence-corrected chi connectivity index (χ0v) is 10.9. The average Bonchev–Trinajstić information content (AvgIpc) is 2.76. The van der Waals surface area contributed by atoms with Crippen LogP contribution in [0.1, 0.15) is 16.2 Å². The van der Waals surface area contributed by atoms with E-state index in [2.05, 4.69) is 4.98 Å². The Balaban J connectivity index is 2.27. The first-order valence-electron chi connectivity index (χ1n) is 5.44. The summed E-state index contributed by atoms with van der Waals surface area (Å²) in [7, 11) is 3.35. The smallest absolute Gasteiger partial charge is 0.202 e. The number of rotatable bonds is 4. The van der Waals surface area contributed by atoms with Crippen molar-refractivity contribution < 1.29 is 9.53 Å². The van der Waals surface area contributed by atoms with Gasteiger partial charge in [0.1, 0.15) is 5.75 Å². The zero-order valence-electron chi connectivity index (χ0n) is 10.2. The Morgan fingerprint density at radius 2 is 2.28 bits per heavy atom. The molecule has 0 amide bonds. The van der Waals surface area contributed by atoms with Crippen LogP contribution in [0.2, 0.25) is 5.02 Å². The number of imidazole rings is 1. The molecule has 1 aromatic heterocycles. The highest BCUT2D eigenvalue weighted by atomic mass is 35.5. The number of Topliss-reactive ketones (excluding diaryl/α,β-unsaturated/α-hetero) is 1. The molecule has 0 unspecified atom stereocenters. The molecule has 94 valence electrons. The lowest BCUT2D eigenvalue weighted by Gasteiger charge is -2.08. The van der Waals surface area contributed by atoms with E-state index in [-0.39, 0.29) is 12.2 Å². The molecule has 0 bridgehead atoms. The van der Waals surface area contributed by atoms with Crippen LogP contribution in [0.25, 0.3) is 0 Å². The summed E-state index contributed by atoms with van der Waals surface area (Å²) in [6.07, 6.45) is 3.56. The van der Waals surface area contributed by atoms with E-state index in [1.54, 1.807) is 49.3 Å². The van der Waals surface area contributed by atoms with Gasteiger partial charge in [-0.3, -0.25) is 4.79 Å². The highest BCUT2D eigenvalue weighted by molar-refractivity contribution is 6.30. The van der Waals surface area contributed by atoms with Crippen LogP contribution in [-0.4, -0.2) is 22.4 Å². The minimum Gasteiger partial charge on any atom is -0.496 e. The van der Waals surface area contributed by atoms with Gasteiger partial charge in [-0.25, -0.2) is 4.98 Å². The van der Waals surface area contributed by atoms with E-state index < -0.39 is 0 Å². The van der Waals surface area contributed by atoms with Crippen molar-refractivity contribution in [3.05, 3.63) is 47.0 Å². The summed E-state index contributed by atoms with van der Waals surface area (Å²) in [6, 6.07) is 5.22. The normalized spacial score (nSPS) is 10.4. The SMILES string of the molecule is COc1ccc(Cl)cc1CC(=O)c1nccn1C. The van der Waals surface area contributed by atoms with Crippen LogP contribution in [-0.2, 0) is 13.5 Å². The van der Waals surface area contributed by atoms with Crippen LogP contribution >= 0.6 is 11.6 Å². The van der Waals surface area contributed by atoms with E-state index in [1.807, 2.05) is 0 Å². The predicted octanol–water partition coefficient (Wildman–Crippen LogP) is 2.51. The van der Waals surface area contributed by atoms with Crippen molar-refractivity contribution in [2.45, 2.75) is 6.42 Å². The lowest BCUT2D eigenvalue weighted by molar-refractivity contribution is 0.0979. The van der Waals surface area contributed by atoms with Crippen molar-refractivity contribution in [1.82, 2.24) is 9.55 Å². The maximum absolute atomic E-state index is 12.1. The van der Waals surface area contributed by atoms with Crippen molar-refractivity contribution in [2.75, 3.05) is 7.11 Å². The second kappa shape index (κ2) is 5.23. The number of ether oxygens (including phenoxy) is 1. The summed E-state index contributed by atoms with van der Waals surface area (Å²) in [5.74, 6) is 1.02. The maximum atomic E-state index is 12.1. The number of benzene rings is 1. The number of aryl methyl sites for hydroxylation is 1. The molecule has 0 aliphatic rings. The standard InChI is InChI=1S/C13H13ClN2O2/c1-16-6-5-15-13(16)11(17)8-9-7-10(14)3-4-12(9)18-2/h3-7H,8H2,1-2H3. The number of methoxy groups -OCH3 is 1. The Bertz CT molecular complexity index is 578. The fourth-order valence-corrected chi connectivity index (χ4v) is 1.97. The van der Waals surface area contributed by atoms with E-state index in [0.717, 1.165) is 5.56 Å². The quantitative estimate of drug-likeness (QED) is 0.797. The number of halogens is 1. The number of hydrogen-bond donors (Lipinski definition) is 0. The van der Waals surface area contributed by atoms with Crippen molar-refractivity contribution in [3.8, 4) is 5.75 Å². The second-order valence-corrected chi connectivity index (χ2v) is 4.35. The molecule has 0 aliphatic heterocycles. The van der Waals surface area contributed by atoms with Crippen LogP contribution in [0.3, 0.4) is 0 Å². The van der Waals surface area contributed by atoms with Gasteiger partial charge in [0.05, 0.1) is 7.11 Å². The molecule has 0 saturated carbocycles. The molecular weight excluding hydrogens is 252 g/mol. The third-order valence-corrected chi connectivity index (χ3v) is 2.90. The van der Waals surface area contributed by atoms with Gasteiger partial charge in [-0.1, -0.05) is 11.6 Å². The Kier molecular flexibility index (Phi) is 3.67. The van der Waals surface area contributed by atoms with Gasteiger partial charge in [-0.05, 0) is 18.2 Å². The van der Waals surface area contributed by atoms with Gasteiger partial charge in [0, 0.05) is 36.4 Å². The largest absolute Gasteiger partial charge is 0.496 e. The summed E-state index contributed by atoms with van der Waals surface area (Å²) < 4.78 is 6.90. The van der Waals surface area contributed by atoms with Crippen molar-refractivity contribution in [1.29, 1.82) is 0 Å². The number of carbonyl (C=O) groups excluding carboxylic acids is 1. The van der Waals surface area contributed by atoms with Crippen LogP contribution in [0.5, 0.6) is 5.75 Å². The van der Waals surface area contributed by atoms with Gasteiger partial charge in [-0.15, -0.1) is 0 Å². The Morgan fingerprint density at radius 3 is 2.89 bits per heavy atom. The van der Waals surface area contributed by atoms with Gasteiger partial charge in [0.2, 0.25) is 5.78 Å². The van der Waals surface area contributed by atoms with Crippen LogP contribution < -0.4 is 4.74 Å². The second-order valence-electron chi connectivity index (χ2n) is 3.92. The average molecular weight is 265 g/mol. The van der Waals surface area contributed by atoms with E-state index in [1.165, 1.54) is 0 Å². The third-order valence-electron chi connectivity index (χ3n) is 2.66. The topological polar surface area (TPSA) is 44.1 Å². The van der Waals surface area contributed by atoms with E-state index in [9.17, 15) is 4.79 Å². The first kappa shape index (κ1) is 12.6. The highest BCUT2D eigenvalue weighted by Gasteiger charge is 2.14. The van der Waals surface area contributed by atoms with E-state index >= 15 is 0 Å². The molecule has 0 radical (unpaired) electrons. The van der Waals surface area contributed by atoms with E-state index in [0.29, 0.717) is 16.6 Å². The molecule has 0 aliphatic carbocycles. The summed E-state index contributed by atoms with van der Waals surface area (Å²) in [4.78, 5) is 16.1. The van der Waals surface area contributed by atoms with Crippen LogP contribution in [0.15, 0.2) is 30.6 Å². The van der Waals surface area contributed by atoms with Gasteiger partial charge >= 0.3 is 0 Å². The molecular formula is C13H13ClN2O2. The van der Waals surface area contributed by atoms with Crippen molar-refractivity contribution >= 4 is 17.4 Å².